The first-order chi connectivity index (χ1) is 15.6. The summed E-state index contributed by atoms with van der Waals surface area (Å²) < 4.78 is 0. The Morgan fingerprint density at radius 1 is 1.12 bits per heavy atom. The van der Waals surface area contributed by atoms with Crippen molar-refractivity contribution in [2.75, 3.05) is 18.4 Å². The highest BCUT2D eigenvalue weighted by atomic mass is 35.5. The van der Waals surface area contributed by atoms with Crippen molar-refractivity contribution in [3.05, 3.63) is 83.0 Å². The number of carbonyl (C=O) groups excluding carboxylic acids is 1. The van der Waals surface area contributed by atoms with E-state index in [4.69, 9.17) is 17.0 Å². The zero-order valence-corrected chi connectivity index (χ0v) is 18.5. The summed E-state index contributed by atoms with van der Waals surface area (Å²) >= 11 is 6.32. The average Bonchev–Trinajstić information content (AvgIpc) is 3.34. The van der Waals surface area contributed by atoms with Crippen LogP contribution in [0.15, 0.2) is 66.9 Å². The molecule has 1 amide bonds. The number of amidine groups is 1. The lowest BCUT2D eigenvalue weighted by molar-refractivity contribution is 0.102. The van der Waals surface area contributed by atoms with Crippen LogP contribution in [0, 0.1) is 5.41 Å². The SMILES string of the molecule is N=C(NCCC1CCCN1)c1ccc(C(=O)Nc2ccc(Cl)c(-c3ccccn3)c2)cc1. The number of hydrogen-bond acceptors (Lipinski definition) is 4. The Bertz CT molecular complexity index is 1080. The van der Waals surface area contributed by atoms with Gasteiger partial charge < -0.3 is 16.0 Å². The van der Waals surface area contributed by atoms with Crippen molar-refractivity contribution in [3.63, 3.8) is 0 Å². The predicted octanol–water partition coefficient (Wildman–Crippen LogP) is 4.71. The molecule has 1 aliphatic rings. The molecule has 0 radical (unpaired) electrons. The van der Waals surface area contributed by atoms with E-state index < -0.39 is 0 Å². The number of hydrogen-bond donors (Lipinski definition) is 4. The van der Waals surface area contributed by atoms with Crippen LogP contribution < -0.4 is 16.0 Å². The summed E-state index contributed by atoms with van der Waals surface area (Å²) in [7, 11) is 0. The molecular weight excluding hydrogens is 422 g/mol. The fourth-order valence-corrected chi connectivity index (χ4v) is 4.00. The van der Waals surface area contributed by atoms with Crippen LogP contribution in [0.3, 0.4) is 0 Å². The van der Waals surface area contributed by atoms with Gasteiger partial charge in [0.15, 0.2) is 0 Å². The molecule has 1 unspecified atom stereocenters. The van der Waals surface area contributed by atoms with Crippen molar-refractivity contribution >= 4 is 29.0 Å². The maximum absolute atomic E-state index is 12.7. The maximum atomic E-state index is 12.7. The third kappa shape index (κ3) is 5.52. The van der Waals surface area contributed by atoms with Gasteiger partial charge in [0.1, 0.15) is 5.84 Å². The van der Waals surface area contributed by atoms with Gasteiger partial charge in [0.25, 0.3) is 5.91 Å². The minimum absolute atomic E-state index is 0.224. The summed E-state index contributed by atoms with van der Waals surface area (Å²) in [6, 6.07) is 18.5. The molecule has 0 saturated carbocycles. The molecule has 32 heavy (non-hydrogen) atoms. The highest BCUT2D eigenvalue weighted by Gasteiger charge is 2.14. The second kappa shape index (κ2) is 10.4. The molecule has 0 aliphatic carbocycles. The Kier molecular flexibility index (Phi) is 7.14. The van der Waals surface area contributed by atoms with E-state index in [0.29, 0.717) is 28.2 Å². The van der Waals surface area contributed by atoms with E-state index in [-0.39, 0.29) is 5.91 Å². The highest BCUT2D eigenvalue weighted by Crippen LogP contribution is 2.29. The number of aromatic nitrogens is 1. The second-order valence-electron chi connectivity index (χ2n) is 7.82. The molecule has 6 nitrogen and oxygen atoms in total. The quantitative estimate of drug-likeness (QED) is 0.312. The number of anilines is 1. The third-order valence-electron chi connectivity index (χ3n) is 5.56. The predicted molar refractivity (Wildman–Crippen MR) is 130 cm³/mol. The monoisotopic (exact) mass is 447 g/mol. The average molecular weight is 448 g/mol. The summed E-state index contributed by atoms with van der Waals surface area (Å²) in [4.78, 5) is 17.0. The standard InChI is InChI=1S/C25H26ClN5O/c26-22-11-10-20(16-21(22)23-5-1-2-13-29-23)31-25(32)18-8-6-17(7-9-18)24(27)30-15-12-19-4-3-14-28-19/h1-2,5-11,13,16,19,28H,3-4,12,14-15H2,(H2,27,30)(H,31,32). The molecule has 164 valence electrons. The van der Waals surface area contributed by atoms with E-state index in [2.05, 4.69) is 20.9 Å². The lowest BCUT2D eigenvalue weighted by Crippen LogP contribution is -2.30. The van der Waals surface area contributed by atoms with E-state index in [0.717, 1.165) is 36.3 Å². The Morgan fingerprint density at radius 2 is 1.94 bits per heavy atom. The topological polar surface area (TPSA) is 89.9 Å². The number of pyridine rings is 1. The number of amides is 1. The van der Waals surface area contributed by atoms with Crippen molar-refractivity contribution < 1.29 is 4.79 Å². The molecule has 1 saturated heterocycles. The van der Waals surface area contributed by atoms with Crippen molar-refractivity contribution in [3.8, 4) is 11.3 Å². The molecule has 1 atom stereocenters. The minimum atomic E-state index is -0.224. The largest absolute Gasteiger partial charge is 0.370 e. The van der Waals surface area contributed by atoms with Crippen LogP contribution in [0.4, 0.5) is 5.69 Å². The van der Waals surface area contributed by atoms with Crippen LogP contribution in [-0.4, -0.2) is 35.9 Å². The fourth-order valence-electron chi connectivity index (χ4n) is 3.79. The lowest BCUT2D eigenvalue weighted by Gasteiger charge is -2.13. The van der Waals surface area contributed by atoms with E-state index >= 15 is 0 Å². The zero-order chi connectivity index (χ0) is 22.3. The van der Waals surface area contributed by atoms with Gasteiger partial charge in [-0.15, -0.1) is 0 Å². The fraction of sp³-hybridized carbons (Fsp3) is 0.240. The molecule has 1 aliphatic heterocycles. The summed E-state index contributed by atoms with van der Waals surface area (Å²) in [6.07, 6.45) is 5.14. The second-order valence-corrected chi connectivity index (χ2v) is 8.23. The number of halogens is 1. The van der Waals surface area contributed by atoms with Crippen molar-refractivity contribution in [2.24, 2.45) is 0 Å². The van der Waals surface area contributed by atoms with Gasteiger partial charge in [0, 0.05) is 41.2 Å². The third-order valence-corrected chi connectivity index (χ3v) is 5.89. The summed E-state index contributed by atoms with van der Waals surface area (Å²) in [6.45, 7) is 1.85. The van der Waals surface area contributed by atoms with Gasteiger partial charge in [0.2, 0.25) is 0 Å². The first-order valence-electron chi connectivity index (χ1n) is 10.8. The van der Waals surface area contributed by atoms with Crippen molar-refractivity contribution in [1.82, 2.24) is 15.6 Å². The molecule has 3 aromatic rings. The van der Waals surface area contributed by atoms with Gasteiger partial charge in [-0.3, -0.25) is 15.2 Å². The normalized spacial score (nSPS) is 15.3. The van der Waals surface area contributed by atoms with Crippen molar-refractivity contribution in [1.29, 1.82) is 5.41 Å². The van der Waals surface area contributed by atoms with E-state index in [1.165, 1.54) is 12.8 Å². The smallest absolute Gasteiger partial charge is 0.255 e. The Hall–Kier alpha value is -3.22. The summed E-state index contributed by atoms with van der Waals surface area (Å²) in [5.74, 6) is 0.144. The van der Waals surface area contributed by atoms with Gasteiger partial charge in [0.05, 0.1) is 10.7 Å². The minimum Gasteiger partial charge on any atom is -0.370 e. The maximum Gasteiger partial charge on any atom is 0.255 e. The molecule has 4 N–H and O–H groups in total. The molecule has 0 bridgehead atoms. The summed E-state index contributed by atoms with van der Waals surface area (Å²) in [5, 5.41) is 18.3. The van der Waals surface area contributed by atoms with Crippen LogP contribution in [0.5, 0.6) is 0 Å². The molecule has 2 aromatic carbocycles. The van der Waals surface area contributed by atoms with Gasteiger partial charge in [-0.25, -0.2) is 0 Å². The molecule has 0 spiro atoms. The Balaban J connectivity index is 1.36. The van der Waals surface area contributed by atoms with Crippen LogP contribution in [0.25, 0.3) is 11.3 Å². The molecule has 1 fully saturated rings. The summed E-state index contributed by atoms with van der Waals surface area (Å²) in [5.41, 5.74) is 3.41. The van der Waals surface area contributed by atoms with Gasteiger partial charge in [-0.2, -0.15) is 0 Å². The first kappa shape index (κ1) is 22.0. The number of nitrogens with one attached hydrogen (secondary N) is 4. The first-order valence-corrected chi connectivity index (χ1v) is 11.2. The lowest BCUT2D eigenvalue weighted by atomic mass is 10.1. The van der Waals surface area contributed by atoms with Crippen molar-refractivity contribution in [2.45, 2.75) is 25.3 Å². The molecule has 4 rings (SSSR count). The Morgan fingerprint density at radius 3 is 2.66 bits per heavy atom. The highest BCUT2D eigenvalue weighted by molar-refractivity contribution is 6.33. The molecule has 2 heterocycles. The number of carbonyl (C=O) groups is 1. The Labute approximate surface area is 192 Å². The molecular formula is C25H26ClN5O. The molecule has 1 aromatic heterocycles. The van der Waals surface area contributed by atoms with Gasteiger partial charge in [-0.05, 0) is 68.3 Å². The zero-order valence-electron chi connectivity index (χ0n) is 17.7. The number of benzene rings is 2. The number of nitrogens with zero attached hydrogens (tertiary/aromatic N) is 1. The van der Waals surface area contributed by atoms with E-state index in [9.17, 15) is 4.79 Å². The van der Waals surface area contributed by atoms with E-state index in [1.807, 2.05) is 24.3 Å². The van der Waals surface area contributed by atoms with E-state index in [1.54, 1.807) is 42.6 Å². The number of rotatable bonds is 7. The van der Waals surface area contributed by atoms with Crippen LogP contribution in [0.1, 0.15) is 35.2 Å². The van der Waals surface area contributed by atoms with Gasteiger partial charge in [-0.1, -0.05) is 29.8 Å². The van der Waals surface area contributed by atoms with Crippen LogP contribution in [0.2, 0.25) is 5.02 Å². The van der Waals surface area contributed by atoms with Crippen LogP contribution in [-0.2, 0) is 0 Å². The van der Waals surface area contributed by atoms with Crippen LogP contribution >= 0.6 is 11.6 Å². The van der Waals surface area contributed by atoms with Gasteiger partial charge >= 0.3 is 0 Å². The molecule has 7 heteroatoms.